The summed E-state index contributed by atoms with van der Waals surface area (Å²) in [6.07, 6.45) is 0. The highest BCUT2D eigenvalue weighted by atomic mass is 16.3. The molecule has 0 bridgehead atoms. The van der Waals surface area contributed by atoms with Crippen LogP contribution in [0.4, 0.5) is 0 Å². The molecule has 0 spiro atoms. The monoisotopic (exact) mass is 192 g/mol. The Labute approximate surface area is 81.4 Å². The summed E-state index contributed by atoms with van der Waals surface area (Å²) in [4.78, 5) is 0. The Morgan fingerprint density at radius 1 is 0.692 bits per heavy atom. The number of hydrogen-bond acceptors (Lipinski definition) is 3. The molecule has 3 N–H and O–H groups in total. The second-order valence-corrected chi connectivity index (χ2v) is 5.29. The van der Waals surface area contributed by atoms with Gasteiger partial charge in [-0.1, -0.05) is 34.6 Å². The molecule has 13 heavy (non-hydrogen) atoms. The molecule has 0 aliphatic heterocycles. The fraction of sp³-hybridized carbons (Fsp3) is 1.00. The highest BCUT2D eigenvalue weighted by Gasteiger charge is 2.20. The lowest BCUT2D eigenvalue weighted by molar-refractivity contribution is 0.0200. The molecule has 0 fully saturated rings. The van der Waals surface area contributed by atoms with E-state index in [2.05, 4.69) is 27.7 Å². The van der Waals surface area contributed by atoms with Crippen LogP contribution in [-0.4, -0.2) is 35.1 Å². The van der Waals surface area contributed by atoms with Gasteiger partial charge in [0.2, 0.25) is 0 Å². The van der Waals surface area contributed by atoms with Gasteiger partial charge in [0.25, 0.3) is 0 Å². The van der Waals surface area contributed by atoms with Crippen molar-refractivity contribution in [1.29, 1.82) is 0 Å². The topological polar surface area (TPSA) is 60.7 Å². The van der Waals surface area contributed by atoms with Gasteiger partial charge in [-0.25, -0.2) is 0 Å². The van der Waals surface area contributed by atoms with Crippen LogP contribution in [0.3, 0.4) is 0 Å². The van der Waals surface area contributed by atoms with Gasteiger partial charge in [0.15, 0.2) is 0 Å². The number of hydrogen-bond donors (Lipinski definition) is 3. The fourth-order valence-electron chi connectivity index (χ4n) is 0.150. The molecule has 0 saturated carbocycles. The van der Waals surface area contributed by atoms with Gasteiger partial charge < -0.3 is 15.3 Å². The van der Waals surface area contributed by atoms with Gasteiger partial charge in [0, 0.05) is 5.41 Å². The first-order valence-corrected chi connectivity index (χ1v) is 4.51. The van der Waals surface area contributed by atoms with E-state index in [1.807, 2.05) is 0 Å². The van der Waals surface area contributed by atoms with Gasteiger partial charge in [0.1, 0.15) is 0 Å². The molecule has 3 heteroatoms. The zero-order valence-corrected chi connectivity index (χ0v) is 9.46. The second kappa shape index (κ2) is 6.35. The summed E-state index contributed by atoms with van der Waals surface area (Å²) in [7, 11) is 0. The molecule has 82 valence electrons. The molecule has 0 amide bonds. The fourth-order valence-corrected chi connectivity index (χ4v) is 0.150. The standard InChI is InChI=1S/C5H12O3.C5H12/c1-5(2-6,3-7)4-8;1-5(2,3)4/h6-8H,2-4H2,1H3;1-4H3. The molecule has 0 saturated heterocycles. The lowest BCUT2D eigenvalue weighted by Gasteiger charge is -2.20. The Bertz CT molecular complexity index is 97.6. The van der Waals surface area contributed by atoms with Crippen molar-refractivity contribution in [2.75, 3.05) is 19.8 Å². The summed E-state index contributed by atoms with van der Waals surface area (Å²) in [5.74, 6) is 0. The molecule has 0 aliphatic rings. The van der Waals surface area contributed by atoms with E-state index < -0.39 is 5.41 Å². The largest absolute Gasteiger partial charge is 0.396 e. The van der Waals surface area contributed by atoms with Crippen LogP contribution in [0.1, 0.15) is 34.6 Å². The van der Waals surface area contributed by atoms with Gasteiger partial charge in [0.05, 0.1) is 19.8 Å². The molecular formula is C10H24O3. The number of aliphatic hydroxyl groups excluding tert-OH is 3. The van der Waals surface area contributed by atoms with E-state index in [1.54, 1.807) is 6.92 Å². The SMILES string of the molecule is CC(C)(C)C.CC(CO)(CO)CO. The molecule has 0 unspecified atom stereocenters. The number of rotatable bonds is 3. The van der Waals surface area contributed by atoms with E-state index in [0.717, 1.165) is 0 Å². The van der Waals surface area contributed by atoms with E-state index in [-0.39, 0.29) is 19.8 Å². The van der Waals surface area contributed by atoms with Crippen LogP contribution in [0.25, 0.3) is 0 Å². The second-order valence-electron chi connectivity index (χ2n) is 5.29. The van der Waals surface area contributed by atoms with Crippen molar-refractivity contribution in [2.24, 2.45) is 10.8 Å². The lowest BCUT2D eigenvalue weighted by Crippen LogP contribution is -2.29. The maximum atomic E-state index is 8.47. The maximum absolute atomic E-state index is 8.47. The van der Waals surface area contributed by atoms with Crippen LogP contribution in [0.2, 0.25) is 0 Å². The van der Waals surface area contributed by atoms with Gasteiger partial charge in [-0.15, -0.1) is 0 Å². The maximum Gasteiger partial charge on any atom is 0.0528 e. The van der Waals surface area contributed by atoms with Crippen molar-refractivity contribution in [3.8, 4) is 0 Å². The molecule has 3 nitrogen and oxygen atoms in total. The van der Waals surface area contributed by atoms with Crippen LogP contribution in [0, 0.1) is 10.8 Å². The molecule has 0 aromatic rings. The Morgan fingerprint density at radius 3 is 0.846 bits per heavy atom. The summed E-state index contributed by atoms with van der Waals surface area (Å²) in [6, 6.07) is 0. The molecular weight excluding hydrogens is 168 g/mol. The third-order valence-corrected chi connectivity index (χ3v) is 1.15. The molecule has 0 radical (unpaired) electrons. The van der Waals surface area contributed by atoms with E-state index in [0.29, 0.717) is 5.41 Å². The van der Waals surface area contributed by atoms with E-state index in [4.69, 9.17) is 15.3 Å². The van der Waals surface area contributed by atoms with Crippen LogP contribution in [-0.2, 0) is 0 Å². The highest BCUT2D eigenvalue weighted by Crippen LogP contribution is 2.11. The smallest absolute Gasteiger partial charge is 0.0528 e. The van der Waals surface area contributed by atoms with Crippen LogP contribution in [0.15, 0.2) is 0 Å². The minimum absolute atomic E-state index is 0.181. The minimum Gasteiger partial charge on any atom is -0.396 e. The zero-order valence-electron chi connectivity index (χ0n) is 9.46. The minimum atomic E-state index is -0.708. The van der Waals surface area contributed by atoms with Crippen molar-refractivity contribution < 1.29 is 15.3 Å². The lowest BCUT2D eigenvalue weighted by atomic mass is 9.95. The first-order valence-electron chi connectivity index (χ1n) is 4.51. The Hall–Kier alpha value is -0.120. The van der Waals surface area contributed by atoms with Gasteiger partial charge in [-0.05, 0) is 5.41 Å². The van der Waals surface area contributed by atoms with Crippen molar-refractivity contribution in [3.05, 3.63) is 0 Å². The van der Waals surface area contributed by atoms with E-state index >= 15 is 0 Å². The van der Waals surface area contributed by atoms with Gasteiger partial charge >= 0.3 is 0 Å². The Morgan fingerprint density at radius 2 is 0.846 bits per heavy atom. The predicted molar refractivity (Wildman–Crippen MR) is 54.5 cm³/mol. The summed E-state index contributed by atoms with van der Waals surface area (Å²) in [5, 5.41) is 25.4. The summed E-state index contributed by atoms with van der Waals surface area (Å²) < 4.78 is 0. The summed E-state index contributed by atoms with van der Waals surface area (Å²) in [6.45, 7) is 9.81. The Kier molecular flexibility index (Phi) is 7.50. The average Bonchev–Trinajstić information content (AvgIpc) is 2.00. The molecule has 0 aromatic carbocycles. The van der Waals surface area contributed by atoms with Crippen molar-refractivity contribution in [2.45, 2.75) is 34.6 Å². The summed E-state index contributed by atoms with van der Waals surface area (Å²) >= 11 is 0. The van der Waals surface area contributed by atoms with E-state index in [1.165, 1.54) is 0 Å². The first kappa shape index (κ1) is 15.4. The van der Waals surface area contributed by atoms with Crippen LogP contribution >= 0.6 is 0 Å². The third-order valence-electron chi connectivity index (χ3n) is 1.15. The number of aliphatic hydroxyl groups is 3. The Balaban J connectivity index is 0. The summed E-state index contributed by atoms with van der Waals surface area (Å²) in [5.41, 5.74) is -0.208. The molecule has 0 rings (SSSR count). The molecule has 0 heterocycles. The quantitative estimate of drug-likeness (QED) is 0.625. The first-order chi connectivity index (χ1) is 5.68. The van der Waals surface area contributed by atoms with Crippen molar-refractivity contribution >= 4 is 0 Å². The average molecular weight is 192 g/mol. The molecule has 0 aromatic heterocycles. The van der Waals surface area contributed by atoms with Crippen LogP contribution < -0.4 is 0 Å². The van der Waals surface area contributed by atoms with Crippen molar-refractivity contribution in [1.82, 2.24) is 0 Å². The van der Waals surface area contributed by atoms with Crippen LogP contribution in [0.5, 0.6) is 0 Å². The third kappa shape index (κ3) is 14.7. The molecule has 0 aliphatic carbocycles. The van der Waals surface area contributed by atoms with Gasteiger partial charge in [-0.3, -0.25) is 0 Å². The predicted octanol–water partition coefficient (Wildman–Crippen LogP) is 1.02. The molecule has 0 atom stereocenters. The zero-order chi connectivity index (χ0) is 11.1. The normalized spacial score (nSPS) is 12.0. The van der Waals surface area contributed by atoms with Gasteiger partial charge in [-0.2, -0.15) is 0 Å². The van der Waals surface area contributed by atoms with E-state index in [9.17, 15) is 0 Å². The highest BCUT2D eigenvalue weighted by molar-refractivity contribution is 4.69. The van der Waals surface area contributed by atoms with Crippen molar-refractivity contribution in [3.63, 3.8) is 0 Å².